The monoisotopic (exact) mass is 661 g/mol. The summed E-state index contributed by atoms with van der Waals surface area (Å²) in [6.45, 7) is -1.61. The van der Waals surface area contributed by atoms with E-state index in [0.717, 1.165) is 9.80 Å². The van der Waals surface area contributed by atoms with Crippen LogP contribution < -0.4 is 4.90 Å². The quantitative estimate of drug-likeness (QED) is 0.164. The van der Waals surface area contributed by atoms with Gasteiger partial charge >= 0.3 is 24.4 Å². The SMILES string of the molecule is C[C@H]1[C@@H](c2cc(C(F)(F)F)cc(C(F)(F)F)c2)OC(=O)N1Cc1nc(N(CF)CCF)ccc1-c1cc(CCC(=O)O)ccc1O. The number of phenols is 1. The smallest absolute Gasteiger partial charge is 0.416 e. The van der Waals surface area contributed by atoms with E-state index in [0.29, 0.717) is 17.7 Å². The number of anilines is 1. The normalized spacial score (nSPS) is 16.9. The number of rotatable bonds is 11. The minimum Gasteiger partial charge on any atom is -0.507 e. The fraction of sp³-hybridized carbons (Fsp3) is 0.367. The Labute approximate surface area is 256 Å². The van der Waals surface area contributed by atoms with Crippen LogP contribution in [0.3, 0.4) is 0 Å². The molecule has 0 radical (unpaired) electrons. The molecule has 0 spiro atoms. The molecule has 1 fully saturated rings. The maximum Gasteiger partial charge on any atom is 0.416 e. The second-order valence-electron chi connectivity index (χ2n) is 10.5. The van der Waals surface area contributed by atoms with Crippen LogP contribution in [0, 0.1) is 0 Å². The molecule has 2 aromatic carbocycles. The van der Waals surface area contributed by atoms with E-state index in [1.807, 2.05) is 0 Å². The number of benzene rings is 2. The van der Waals surface area contributed by atoms with Crippen molar-refractivity contribution in [1.29, 1.82) is 0 Å². The van der Waals surface area contributed by atoms with Crippen LogP contribution in [-0.4, -0.2) is 58.2 Å². The summed E-state index contributed by atoms with van der Waals surface area (Å²) in [5, 5.41) is 19.7. The molecule has 2 atom stereocenters. The second-order valence-corrected chi connectivity index (χ2v) is 10.5. The van der Waals surface area contributed by atoms with Gasteiger partial charge in [-0.25, -0.2) is 18.6 Å². The van der Waals surface area contributed by atoms with Crippen LogP contribution in [-0.2, 0) is 34.8 Å². The summed E-state index contributed by atoms with van der Waals surface area (Å²) in [4.78, 5) is 30.4. The third-order valence-electron chi connectivity index (χ3n) is 7.41. The van der Waals surface area contributed by atoms with Gasteiger partial charge in [0.25, 0.3) is 0 Å². The average Bonchev–Trinajstić information content (AvgIpc) is 3.27. The number of alkyl halides is 8. The summed E-state index contributed by atoms with van der Waals surface area (Å²) >= 11 is 0. The molecule has 1 saturated heterocycles. The minimum absolute atomic E-state index is 0.00929. The molecule has 2 heterocycles. The topological polar surface area (TPSA) is 103 Å². The van der Waals surface area contributed by atoms with Gasteiger partial charge in [0, 0.05) is 17.5 Å². The zero-order chi connectivity index (χ0) is 34.0. The number of carbonyl (C=O) groups is 2. The molecular weight excluding hydrogens is 634 g/mol. The number of amides is 1. The van der Waals surface area contributed by atoms with Crippen LogP contribution in [0.2, 0.25) is 0 Å². The summed E-state index contributed by atoms with van der Waals surface area (Å²) in [6.07, 6.45) is -13.1. The van der Waals surface area contributed by atoms with E-state index in [1.165, 1.54) is 37.3 Å². The number of cyclic esters (lactones) is 1. The Morgan fingerprint density at radius 2 is 1.63 bits per heavy atom. The van der Waals surface area contributed by atoms with E-state index in [1.54, 1.807) is 0 Å². The number of carbonyl (C=O) groups excluding carboxylic acids is 1. The van der Waals surface area contributed by atoms with Crippen molar-refractivity contribution in [2.24, 2.45) is 0 Å². The number of hydrogen-bond acceptors (Lipinski definition) is 6. The van der Waals surface area contributed by atoms with Gasteiger partial charge in [-0.2, -0.15) is 26.3 Å². The van der Waals surface area contributed by atoms with Crippen LogP contribution in [0.4, 0.5) is 45.7 Å². The van der Waals surface area contributed by atoms with Gasteiger partial charge in [0.1, 0.15) is 24.3 Å². The Balaban J connectivity index is 1.77. The number of nitrogens with zero attached hydrogens (tertiary/aromatic N) is 3. The first-order chi connectivity index (χ1) is 21.5. The lowest BCUT2D eigenvalue weighted by Gasteiger charge is -2.25. The van der Waals surface area contributed by atoms with Gasteiger partial charge in [0.05, 0.1) is 36.0 Å². The average molecular weight is 662 g/mol. The molecule has 16 heteroatoms. The van der Waals surface area contributed by atoms with E-state index in [4.69, 9.17) is 9.84 Å². The Hall–Kier alpha value is -4.63. The lowest BCUT2D eigenvalue weighted by molar-refractivity contribution is -0.143. The molecule has 3 aromatic rings. The first-order valence-electron chi connectivity index (χ1n) is 13.7. The van der Waals surface area contributed by atoms with Crippen molar-refractivity contribution in [2.45, 2.75) is 50.8 Å². The van der Waals surface area contributed by atoms with Gasteiger partial charge in [-0.1, -0.05) is 6.07 Å². The maximum atomic E-state index is 13.7. The van der Waals surface area contributed by atoms with Gasteiger partial charge in [0.2, 0.25) is 0 Å². The Morgan fingerprint density at radius 1 is 0.978 bits per heavy atom. The summed E-state index contributed by atoms with van der Waals surface area (Å²) in [5.74, 6) is -1.41. The number of halogens is 8. The van der Waals surface area contributed by atoms with Crippen molar-refractivity contribution in [3.8, 4) is 16.9 Å². The van der Waals surface area contributed by atoms with E-state index in [2.05, 4.69) is 4.98 Å². The zero-order valence-electron chi connectivity index (χ0n) is 24.0. The molecule has 0 unspecified atom stereocenters. The van der Waals surface area contributed by atoms with E-state index < -0.39 is 73.3 Å². The highest BCUT2D eigenvalue weighted by molar-refractivity contribution is 5.76. The molecule has 2 N–H and O–H groups in total. The van der Waals surface area contributed by atoms with Crippen LogP contribution in [0.5, 0.6) is 5.75 Å². The molecule has 46 heavy (non-hydrogen) atoms. The van der Waals surface area contributed by atoms with Crippen molar-refractivity contribution in [3.05, 3.63) is 76.5 Å². The summed E-state index contributed by atoms with van der Waals surface area (Å²) in [7, 11) is 0. The predicted molar refractivity (Wildman–Crippen MR) is 147 cm³/mol. The Morgan fingerprint density at radius 3 is 2.20 bits per heavy atom. The van der Waals surface area contributed by atoms with E-state index in [-0.39, 0.29) is 53.8 Å². The van der Waals surface area contributed by atoms with Crippen molar-refractivity contribution in [3.63, 3.8) is 0 Å². The standard InChI is InChI=1S/C30H27F8N3O5/c1-16-27(18-11-19(29(33,34)35)13-20(12-18)30(36,37)38)46-28(45)41(16)14-23-21(4-6-25(39-23)40(15-32)9-8-31)22-10-17(2-5-24(22)42)3-7-26(43)44/h2,4-6,10-13,16,27,42H,3,7-9,14-15H2,1H3,(H,43,44)/t16-,27-/m0/s1. The number of carboxylic acid groups (broad SMARTS) is 1. The van der Waals surface area contributed by atoms with Crippen LogP contribution in [0.25, 0.3) is 11.1 Å². The Kier molecular flexibility index (Phi) is 9.97. The molecule has 248 valence electrons. The first kappa shape index (κ1) is 34.2. The molecule has 1 aromatic heterocycles. The molecule has 1 aliphatic rings. The van der Waals surface area contributed by atoms with E-state index in [9.17, 15) is 49.8 Å². The number of carboxylic acids is 1. The lowest BCUT2D eigenvalue weighted by atomic mass is 9.96. The van der Waals surface area contributed by atoms with Gasteiger partial charge in [0.15, 0.2) is 6.80 Å². The third kappa shape index (κ3) is 7.59. The van der Waals surface area contributed by atoms with Gasteiger partial charge < -0.3 is 19.8 Å². The number of aromatic hydroxyl groups is 1. The van der Waals surface area contributed by atoms with Gasteiger partial charge in [-0.3, -0.25) is 9.69 Å². The van der Waals surface area contributed by atoms with Crippen molar-refractivity contribution in [2.75, 3.05) is 24.9 Å². The van der Waals surface area contributed by atoms with Crippen LogP contribution in [0.15, 0.2) is 48.5 Å². The fourth-order valence-corrected chi connectivity index (χ4v) is 5.04. The highest BCUT2D eigenvalue weighted by Crippen LogP contribution is 2.42. The zero-order valence-corrected chi connectivity index (χ0v) is 24.0. The molecule has 4 rings (SSSR count). The van der Waals surface area contributed by atoms with E-state index >= 15 is 0 Å². The molecular formula is C30H27F8N3O5. The van der Waals surface area contributed by atoms with Gasteiger partial charge in [-0.15, -0.1) is 0 Å². The summed E-state index contributed by atoms with van der Waals surface area (Å²) < 4.78 is 113. The Bertz CT molecular complexity index is 1570. The highest BCUT2D eigenvalue weighted by atomic mass is 19.4. The maximum absolute atomic E-state index is 13.7. The van der Waals surface area contributed by atoms with Gasteiger partial charge in [-0.05, 0) is 66.9 Å². The van der Waals surface area contributed by atoms with Crippen molar-refractivity contribution >= 4 is 17.9 Å². The summed E-state index contributed by atoms with van der Waals surface area (Å²) in [5.41, 5.74) is -2.92. The first-order valence-corrected chi connectivity index (χ1v) is 13.7. The molecule has 0 saturated carbocycles. The van der Waals surface area contributed by atoms with Crippen molar-refractivity contribution in [1.82, 2.24) is 9.88 Å². The summed E-state index contributed by atoms with van der Waals surface area (Å²) in [6, 6.07) is 6.74. The number of ether oxygens (including phenoxy) is 1. The molecule has 1 amide bonds. The van der Waals surface area contributed by atoms with Crippen molar-refractivity contribution < 1.29 is 59.7 Å². The number of aromatic nitrogens is 1. The van der Waals surface area contributed by atoms with Crippen LogP contribution in [0.1, 0.15) is 47.4 Å². The minimum atomic E-state index is -5.14. The second kappa shape index (κ2) is 13.4. The lowest BCUT2D eigenvalue weighted by Crippen LogP contribution is -2.32. The fourth-order valence-electron chi connectivity index (χ4n) is 5.04. The molecule has 8 nitrogen and oxygen atoms in total. The third-order valence-corrected chi connectivity index (χ3v) is 7.41. The number of phenolic OH excluding ortho intramolecular Hbond substituents is 1. The molecule has 0 aliphatic carbocycles. The largest absolute Gasteiger partial charge is 0.507 e. The predicted octanol–water partition coefficient (Wildman–Crippen LogP) is 7.29. The highest BCUT2D eigenvalue weighted by Gasteiger charge is 2.43. The number of hydrogen-bond donors (Lipinski definition) is 2. The number of aryl methyl sites for hydroxylation is 1. The van der Waals surface area contributed by atoms with Crippen LogP contribution >= 0.6 is 0 Å². The molecule has 0 bridgehead atoms. The number of pyridine rings is 1. The molecule has 1 aliphatic heterocycles. The number of aliphatic carboxylic acids is 1.